The van der Waals surface area contributed by atoms with Crippen LogP contribution in [0.4, 0.5) is 0 Å². The minimum atomic E-state index is -0.864. The van der Waals surface area contributed by atoms with Gasteiger partial charge in [-0.25, -0.2) is 0 Å². The largest absolute Gasteiger partial charge is 0.370 e. The molecule has 8 heteroatoms. The molecule has 0 fully saturated rings. The summed E-state index contributed by atoms with van der Waals surface area (Å²) in [5.41, 5.74) is 15.6. The Morgan fingerprint density at radius 2 is 1.81 bits per heavy atom. The Bertz CT molecular complexity index is 215. The maximum Gasteiger partial charge on any atom is 0.237 e. The molecule has 8 N–H and O–H groups in total. The van der Waals surface area contributed by atoms with Gasteiger partial charge < -0.3 is 27.8 Å². The van der Waals surface area contributed by atoms with Crippen LogP contribution in [0.3, 0.4) is 0 Å². The van der Waals surface area contributed by atoms with Crippen molar-refractivity contribution in [3.05, 3.63) is 0 Å². The highest BCUT2D eigenvalue weighted by Crippen LogP contribution is 1.85. The lowest BCUT2D eigenvalue weighted by Crippen LogP contribution is -2.45. The average molecular weight is 254 g/mol. The van der Waals surface area contributed by atoms with Crippen LogP contribution in [-0.2, 0) is 9.59 Å². The molecule has 0 radical (unpaired) electrons. The summed E-state index contributed by atoms with van der Waals surface area (Å²) < 4.78 is 0. The molecule has 1 atom stereocenters. The van der Waals surface area contributed by atoms with Crippen molar-refractivity contribution in [3.63, 3.8) is 0 Å². The van der Waals surface area contributed by atoms with Crippen LogP contribution in [0.5, 0.6) is 0 Å². The summed E-state index contributed by atoms with van der Waals surface area (Å²) in [5, 5.41) is 5.57. The Morgan fingerprint density at radius 3 is 2.31 bits per heavy atom. The lowest BCUT2D eigenvalue weighted by atomic mass is 10.2. The van der Waals surface area contributed by atoms with E-state index in [2.05, 4.69) is 10.6 Å². The minimum absolute atomic E-state index is 0. The van der Waals surface area contributed by atoms with Gasteiger partial charge in [-0.3, -0.25) is 9.59 Å². The molecule has 96 valence electrons. The topological polar surface area (TPSA) is 136 Å². The maximum atomic E-state index is 11.2. The van der Waals surface area contributed by atoms with Gasteiger partial charge in [-0.05, 0) is 0 Å². The van der Waals surface area contributed by atoms with Gasteiger partial charge in [-0.2, -0.15) is 0 Å². The number of carbonyl (C=O) groups is 2. The molecular formula is C8H20ClN5O2. The monoisotopic (exact) mass is 253 g/mol. The smallest absolute Gasteiger partial charge is 0.237 e. The van der Waals surface area contributed by atoms with Gasteiger partial charge in [0.25, 0.3) is 0 Å². The summed E-state index contributed by atoms with van der Waals surface area (Å²) in [4.78, 5) is 21.7. The van der Waals surface area contributed by atoms with Crippen molar-refractivity contribution in [3.8, 4) is 0 Å². The molecule has 0 spiro atoms. The molecule has 0 unspecified atom stereocenters. The summed E-state index contributed by atoms with van der Waals surface area (Å²) in [6, 6.07) is -0.864. The molecule has 0 aromatic heterocycles. The normalized spacial score (nSPS) is 11.4. The zero-order valence-corrected chi connectivity index (χ0v) is 9.89. The lowest BCUT2D eigenvalue weighted by Gasteiger charge is -2.10. The van der Waals surface area contributed by atoms with Gasteiger partial charge >= 0.3 is 0 Å². The second-order valence-electron chi connectivity index (χ2n) is 3.11. The van der Waals surface area contributed by atoms with Gasteiger partial charge in [-0.15, -0.1) is 12.4 Å². The van der Waals surface area contributed by atoms with Crippen LogP contribution in [0.15, 0.2) is 0 Å². The lowest BCUT2D eigenvalue weighted by molar-refractivity contribution is -0.126. The van der Waals surface area contributed by atoms with Gasteiger partial charge in [0.15, 0.2) is 0 Å². The highest BCUT2D eigenvalue weighted by atomic mass is 35.5. The third-order valence-corrected chi connectivity index (χ3v) is 1.68. The first-order valence-corrected chi connectivity index (χ1v) is 4.80. The molecule has 0 aromatic carbocycles. The van der Waals surface area contributed by atoms with Crippen molar-refractivity contribution in [1.82, 2.24) is 10.6 Å². The fraction of sp³-hybridized carbons (Fsp3) is 0.750. The van der Waals surface area contributed by atoms with Crippen LogP contribution in [0.2, 0.25) is 0 Å². The number of nitrogens with two attached hydrogens (primary N) is 3. The van der Waals surface area contributed by atoms with Crippen molar-refractivity contribution in [2.45, 2.75) is 12.5 Å². The van der Waals surface area contributed by atoms with Gasteiger partial charge in [0.1, 0.15) is 0 Å². The molecule has 7 nitrogen and oxygen atoms in total. The van der Waals surface area contributed by atoms with Gasteiger partial charge in [0.05, 0.1) is 12.5 Å². The Kier molecular flexibility index (Phi) is 11.6. The molecule has 0 saturated heterocycles. The van der Waals surface area contributed by atoms with E-state index < -0.39 is 11.9 Å². The van der Waals surface area contributed by atoms with E-state index in [9.17, 15) is 9.59 Å². The molecule has 2 amide bonds. The quantitative estimate of drug-likeness (QED) is 0.299. The van der Waals surface area contributed by atoms with Crippen LogP contribution in [0.25, 0.3) is 0 Å². The van der Waals surface area contributed by atoms with Crippen LogP contribution in [0.1, 0.15) is 6.42 Å². The van der Waals surface area contributed by atoms with Crippen molar-refractivity contribution >= 4 is 24.2 Å². The Hall–Kier alpha value is -0.890. The van der Waals surface area contributed by atoms with E-state index in [1.807, 2.05) is 0 Å². The number of carbonyl (C=O) groups excluding carboxylic acids is 2. The SMILES string of the molecule is Cl.NCCNCCNC(=O)[C@@H](N)CC(N)=O. The third-order valence-electron chi connectivity index (χ3n) is 1.68. The standard InChI is InChI=1S/C8H19N5O2.ClH/c9-1-2-12-3-4-13-8(15)6(10)5-7(11)14;/h6,12H,1-5,9-10H2,(H2,11,14)(H,13,15);1H/t6-;/m0./s1. The molecule has 0 bridgehead atoms. The van der Waals surface area contributed by atoms with E-state index in [0.717, 1.165) is 0 Å². The number of nitrogens with one attached hydrogen (secondary N) is 2. The predicted molar refractivity (Wildman–Crippen MR) is 64.0 cm³/mol. The average Bonchev–Trinajstić information content (AvgIpc) is 2.16. The molecule has 0 saturated carbocycles. The van der Waals surface area contributed by atoms with E-state index in [1.54, 1.807) is 0 Å². The Balaban J connectivity index is 0. The zero-order chi connectivity index (χ0) is 11.7. The van der Waals surface area contributed by atoms with Crippen LogP contribution < -0.4 is 27.8 Å². The Morgan fingerprint density at radius 1 is 1.19 bits per heavy atom. The van der Waals surface area contributed by atoms with E-state index >= 15 is 0 Å². The minimum Gasteiger partial charge on any atom is -0.370 e. The second kappa shape index (κ2) is 10.6. The number of hydrogen-bond acceptors (Lipinski definition) is 5. The first-order chi connectivity index (χ1) is 7.07. The van der Waals surface area contributed by atoms with Crippen molar-refractivity contribution in [2.75, 3.05) is 26.2 Å². The molecule has 0 aliphatic heterocycles. The van der Waals surface area contributed by atoms with Crippen LogP contribution in [-0.4, -0.2) is 44.0 Å². The summed E-state index contributed by atoms with van der Waals surface area (Å²) in [6.07, 6.45) is -0.137. The summed E-state index contributed by atoms with van der Waals surface area (Å²) in [6.45, 7) is 2.32. The zero-order valence-electron chi connectivity index (χ0n) is 9.07. The molecular weight excluding hydrogens is 234 g/mol. The van der Waals surface area contributed by atoms with Crippen molar-refractivity contribution in [2.24, 2.45) is 17.2 Å². The number of amides is 2. The third kappa shape index (κ3) is 9.66. The molecule has 0 aromatic rings. The molecule has 16 heavy (non-hydrogen) atoms. The molecule has 0 aliphatic carbocycles. The summed E-state index contributed by atoms with van der Waals surface area (Å²) >= 11 is 0. The van der Waals surface area contributed by atoms with E-state index in [-0.39, 0.29) is 24.7 Å². The highest BCUT2D eigenvalue weighted by Gasteiger charge is 2.14. The summed E-state index contributed by atoms with van der Waals surface area (Å²) in [7, 11) is 0. The Labute approximate surface area is 101 Å². The molecule has 0 heterocycles. The number of hydrogen-bond donors (Lipinski definition) is 5. The first-order valence-electron chi connectivity index (χ1n) is 4.80. The maximum absolute atomic E-state index is 11.2. The van der Waals surface area contributed by atoms with Crippen molar-refractivity contribution < 1.29 is 9.59 Å². The van der Waals surface area contributed by atoms with Gasteiger partial charge in [-0.1, -0.05) is 0 Å². The number of rotatable bonds is 8. The first kappa shape index (κ1) is 17.5. The van der Waals surface area contributed by atoms with Gasteiger partial charge in [0.2, 0.25) is 11.8 Å². The van der Waals surface area contributed by atoms with Crippen LogP contribution >= 0.6 is 12.4 Å². The van der Waals surface area contributed by atoms with Gasteiger partial charge in [0, 0.05) is 26.2 Å². The number of halogens is 1. The van der Waals surface area contributed by atoms with E-state index in [0.29, 0.717) is 26.2 Å². The fourth-order valence-electron chi connectivity index (χ4n) is 0.942. The predicted octanol–water partition coefficient (Wildman–Crippen LogP) is -2.72. The van der Waals surface area contributed by atoms with Crippen LogP contribution in [0, 0.1) is 0 Å². The summed E-state index contributed by atoms with van der Waals surface area (Å²) in [5.74, 6) is -0.956. The molecule has 0 rings (SSSR count). The van der Waals surface area contributed by atoms with E-state index in [1.165, 1.54) is 0 Å². The fourth-order valence-corrected chi connectivity index (χ4v) is 0.942. The highest BCUT2D eigenvalue weighted by molar-refractivity contribution is 5.87. The van der Waals surface area contributed by atoms with E-state index in [4.69, 9.17) is 17.2 Å². The van der Waals surface area contributed by atoms with Crippen molar-refractivity contribution in [1.29, 1.82) is 0 Å². The second-order valence-corrected chi connectivity index (χ2v) is 3.11. The number of primary amides is 1. The molecule has 0 aliphatic rings.